The standard InChI is InChI=1S/C16H22N8/c1-2-6-24-16(20-21-22-24)12-23-7-5-14(11-23)10-19-15-4-3-13(8-17)9-18-15/h3-4,9,14H,2,5-7,10-12H2,1H3,(H,18,19)/t14-/m1/s1. The van der Waals surface area contributed by atoms with Crippen molar-refractivity contribution in [2.45, 2.75) is 32.9 Å². The molecule has 0 amide bonds. The topological polar surface area (TPSA) is 95.5 Å². The van der Waals surface area contributed by atoms with Crippen molar-refractivity contribution in [3.63, 3.8) is 0 Å². The first-order valence-corrected chi connectivity index (χ1v) is 8.36. The summed E-state index contributed by atoms with van der Waals surface area (Å²) in [6, 6.07) is 5.71. The molecule has 2 aromatic rings. The molecule has 1 aliphatic rings. The highest BCUT2D eigenvalue weighted by Gasteiger charge is 2.24. The summed E-state index contributed by atoms with van der Waals surface area (Å²) in [5.74, 6) is 2.34. The van der Waals surface area contributed by atoms with E-state index < -0.39 is 0 Å². The van der Waals surface area contributed by atoms with Gasteiger partial charge in [-0.3, -0.25) is 4.90 Å². The molecule has 3 heterocycles. The van der Waals surface area contributed by atoms with E-state index in [9.17, 15) is 0 Å². The Kier molecular flexibility index (Phi) is 5.33. The molecular weight excluding hydrogens is 304 g/mol. The lowest BCUT2D eigenvalue weighted by Gasteiger charge is -2.16. The highest BCUT2D eigenvalue weighted by atomic mass is 15.5. The van der Waals surface area contributed by atoms with Gasteiger partial charge in [0.05, 0.1) is 12.1 Å². The van der Waals surface area contributed by atoms with Gasteiger partial charge in [0.2, 0.25) is 0 Å². The van der Waals surface area contributed by atoms with E-state index in [0.717, 1.165) is 57.2 Å². The minimum Gasteiger partial charge on any atom is -0.370 e. The van der Waals surface area contributed by atoms with E-state index in [1.165, 1.54) is 0 Å². The van der Waals surface area contributed by atoms with E-state index in [4.69, 9.17) is 5.26 Å². The molecule has 8 nitrogen and oxygen atoms in total. The van der Waals surface area contributed by atoms with Gasteiger partial charge in [-0.2, -0.15) is 5.26 Å². The van der Waals surface area contributed by atoms with Gasteiger partial charge in [-0.25, -0.2) is 9.67 Å². The molecule has 1 aliphatic heterocycles. The Morgan fingerprint density at radius 2 is 2.33 bits per heavy atom. The van der Waals surface area contributed by atoms with Crippen molar-refractivity contribution in [1.82, 2.24) is 30.1 Å². The summed E-state index contributed by atoms with van der Waals surface area (Å²) in [5, 5.41) is 24.1. The Bertz CT molecular complexity index is 687. The number of anilines is 1. The van der Waals surface area contributed by atoms with Gasteiger partial charge in [-0.05, 0) is 47.9 Å². The van der Waals surface area contributed by atoms with Crippen LogP contribution in [0, 0.1) is 17.2 Å². The van der Waals surface area contributed by atoms with Crippen LogP contribution in [-0.2, 0) is 13.1 Å². The number of rotatable bonds is 7. The van der Waals surface area contributed by atoms with Gasteiger partial charge in [-0.15, -0.1) is 5.10 Å². The monoisotopic (exact) mass is 326 g/mol. The Balaban J connectivity index is 1.46. The third-order valence-electron chi connectivity index (χ3n) is 4.24. The molecule has 1 fully saturated rings. The van der Waals surface area contributed by atoms with E-state index in [1.54, 1.807) is 12.3 Å². The lowest BCUT2D eigenvalue weighted by molar-refractivity contribution is 0.302. The van der Waals surface area contributed by atoms with E-state index in [0.29, 0.717) is 11.5 Å². The van der Waals surface area contributed by atoms with Crippen LogP contribution in [0.2, 0.25) is 0 Å². The van der Waals surface area contributed by atoms with E-state index >= 15 is 0 Å². The fraction of sp³-hybridized carbons (Fsp3) is 0.562. The largest absolute Gasteiger partial charge is 0.370 e. The third-order valence-corrected chi connectivity index (χ3v) is 4.24. The number of hydrogen-bond donors (Lipinski definition) is 1. The van der Waals surface area contributed by atoms with Crippen LogP contribution in [-0.4, -0.2) is 49.7 Å². The first kappa shape index (κ1) is 16.3. The summed E-state index contributed by atoms with van der Waals surface area (Å²) in [5.41, 5.74) is 0.581. The van der Waals surface area contributed by atoms with Gasteiger partial charge >= 0.3 is 0 Å². The SMILES string of the molecule is CCCn1nnnc1CN1CC[C@H](CNc2ccc(C#N)cn2)C1. The molecule has 0 aliphatic carbocycles. The van der Waals surface area contributed by atoms with Gasteiger partial charge in [0.1, 0.15) is 11.9 Å². The zero-order chi connectivity index (χ0) is 16.8. The van der Waals surface area contributed by atoms with Crippen molar-refractivity contribution in [2.24, 2.45) is 5.92 Å². The molecule has 2 aromatic heterocycles. The van der Waals surface area contributed by atoms with Crippen LogP contribution in [0.5, 0.6) is 0 Å². The normalized spacial score (nSPS) is 17.8. The van der Waals surface area contributed by atoms with Crippen LogP contribution in [0.3, 0.4) is 0 Å². The molecule has 0 saturated carbocycles. The number of likely N-dealkylation sites (tertiary alicyclic amines) is 1. The second-order valence-corrected chi connectivity index (χ2v) is 6.13. The molecule has 1 atom stereocenters. The maximum atomic E-state index is 8.79. The molecule has 24 heavy (non-hydrogen) atoms. The molecule has 1 saturated heterocycles. The van der Waals surface area contributed by atoms with Gasteiger partial charge in [-0.1, -0.05) is 6.92 Å². The molecule has 0 bridgehead atoms. The summed E-state index contributed by atoms with van der Waals surface area (Å²) in [7, 11) is 0. The van der Waals surface area contributed by atoms with Crippen LogP contribution in [0.4, 0.5) is 5.82 Å². The Morgan fingerprint density at radius 3 is 3.08 bits per heavy atom. The quantitative estimate of drug-likeness (QED) is 0.819. The van der Waals surface area contributed by atoms with Crippen LogP contribution in [0.1, 0.15) is 31.2 Å². The van der Waals surface area contributed by atoms with E-state index in [-0.39, 0.29) is 0 Å². The Hall–Kier alpha value is -2.53. The maximum Gasteiger partial charge on any atom is 0.165 e. The summed E-state index contributed by atoms with van der Waals surface area (Å²) in [6.07, 6.45) is 3.78. The van der Waals surface area contributed by atoms with Gasteiger partial charge in [0.15, 0.2) is 5.82 Å². The van der Waals surface area contributed by atoms with Crippen molar-refractivity contribution in [2.75, 3.05) is 25.0 Å². The molecule has 0 radical (unpaired) electrons. The smallest absolute Gasteiger partial charge is 0.165 e. The number of nitriles is 1. The number of aromatic nitrogens is 5. The number of hydrogen-bond acceptors (Lipinski definition) is 7. The van der Waals surface area contributed by atoms with Crippen LogP contribution >= 0.6 is 0 Å². The lowest BCUT2D eigenvalue weighted by Crippen LogP contribution is -2.24. The summed E-state index contributed by atoms with van der Waals surface area (Å²) < 4.78 is 1.90. The number of aryl methyl sites for hydroxylation is 1. The highest BCUT2D eigenvalue weighted by Crippen LogP contribution is 2.18. The van der Waals surface area contributed by atoms with Crippen molar-refractivity contribution < 1.29 is 0 Å². The fourth-order valence-electron chi connectivity index (χ4n) is 2.96. The van der Waals surface area contributed by atoms with Crippen molar-refractivity contribution in [3.8, 4) is 6.07 Å². The number of nitrogens with zero attached hydrogens (tertiary/aromatic N) is 7. The van der Waals surface area contributed by atoms with Crippen molar-refractivity contribution in [3.05, 3.63) is 29.7 Å². The summed E-state index contributed by atoms with van der Waals surface area (Å²) >= 11 is 0. The minimum atomic E-state index is 0.581. The van der Waals surface area contributed by atoms with Crippen molar-refractivity contribution in [1.29, 1.82) is 5.26 Å². The zero-order valence-corrected chi connectivity index (χ0v) is 13.9. The first-order chi connectivity index (χ1) is 11.8. The molecule has 0 spiro atoms. The number of pyridine rings is 1. The Labute approximate surface area is 141 Å². The average Bonchev–Trinajstić information content (AvgIpc) is 3.24. The minimum absolute atomic E-state index is 0.581. The Morgan fingerprint density at radius 1 is 1.42 bits per heavy atom. The third kappa shape index (κ3) is 4.06. The average molecular weight is 326 g/mol. The molecule has 3 rings (SSSR count). The van der Waals surface area contributed by atoms with Gasteiger partial charge < -0.3 is 5.32 Å². The first-order valence-electron chi connectivity index (χ1n) is 8.36. The number of nitrogens with one attached hydrogen (secondary N) is 1. The second-order valence-electron chi connectivity index (χ2n) is 6.13. The van der Waals surface area contributed by atoms with E-state index in [2.05, 4.69) is 43.7 Å². The van der Waals surface area contributed by atoms with Crippen LogP contribution in [0.25, 0.3) is 0 Å². The molecule has 0 aromatic carbocycles. The lowest BCUT2D eigenvalue weighted by atomic mass is 10.1. The molecule has 1 N–H and O–H groups in total. The molecule has 126 valence electrons. The maximum absolute atomic E-state index is 8.79. The van der Waals surface area contributed by atoms with Gasteiger partial charge in [0.25, 0.3) is 0 Å². The van der Waals surface area contributed by atoms with E-state index in [1.807, 2.05) is 10.7 Å². The molecular formula is C16H22N8. The van der Waals surface area contributed by atoms with Crippen LogP contribution < -0.4 is 5.32 Å². The van der Waals surface area contributed by atoms with Gasteiger partial charge in [0, 0.05) is 25.8 Å². The second kappa shape index (κ2) is 7.84. The predicted molar refractivity (Wildman–Crippen MR) is 88.9 cm³/mol. The predicted octanol–water partition coefficient (Wildman–Crippen LogP) is 1.28. The van der Waals surface area contributed by atoms with Crippen LogP contribution in [0.15, 0.2) is 18.3 Å². The number of tetrazole rings is 1. The highest BCUT2D eigenvalue weighted by molar-refractivity contribution is 5.38. The zero-order valence-electron chi connectivity index (χ0n) is 13.9. The fourth-order valence-corrected chi connectivity index (χ4v) is 2.96. The van der Waals surface area contributed by atoms with Crippen molar-refractivity contribution >= 4 is 5.82 Å². The molecule has 8 heteroatoms. The summed E-state index contributed by atoms with van der Waals surface area (Å²) in [6.45, 7) is 6.77. The molecule has 0 unspecified atom stereocenters. The summed E-state index contributed by atoms with van der Waals surface area (Å²) in [4.78, 5) is 6.64.